The van der Waals surface area contributed by atoms with Crippen molar-refractivity contribution in [3.05, 3.63) is 40.4 Å². The fourth-order valence-electron chi connectivity index (χ4n) is 3.04. The molecule has 1 amide bonds. The minimum Gasteiger partial charge on any atom is -0.384 e. The van der Waals surface area contributed by atoms with E-state index in [1.807, 2.05) is 0 Å². The van der Waals surface area contributed by atoms with Crippen molar-refractivity contribution in [2.75, 3.05) is 13.1 Å². The molecule has 0 bridgehead atoms. The quantitative estimate of drug-likeness (QED) is 0.814. The van der Waals surface area contributed by atoms with E-state index in [0.717, 1.165) is 12.8 Å². The summed E-state index contributed by atoms with van der Waals surface area (Å²) < 4.78 is 6.66. The van der Waals surface area contributed by atoms with E-state index in [9.17, 15) is 14.4 Å². The molecule has 1 fully saturated rings. The number of aromatic amines is 1. The van der Waals surface area contributed by atoms with Gasteiger partial charge in [0.15, 0.2) is 5.82 Å². The highest BCUT2D eigenvalue weighted by atomic mass is 16.5. The van der Waals surface area contributed by atoms with Crippen LogP contribution in [0.25, 0.3) is 0 Å². The third kappa shape index (κ3) is 3.47. The Morgan fingerprint density at radius 1 is 1.46 bits per heavy atom. The molecule has 24 heavy (non-hydrogen) atoms. The number of hydrogen-bond donors (Lipinski definition) is 1. The van der Waals surface area contributed by atoms with Gasteiger partial charge in [-0.1, -0.05) is 0 Å². The Morgan fingerprint density at radius 2 is 2.29 bits per heavy atom. The van der Waals surface area contributed by atoms with E-state index in [0.29, 0.717) is 31.1 Å². The zero-order chi connectivity index (χ0) is 17.1. The SMILES string of the molecule is Cn1ccnc1C(=O)C1CCCN(C(=O)CCc2cc(=O)[nH]o2)C1. The van der Waals surface area contributed by atoms with Crippen LogP contribution >= 0.6 is 0 Å². The number of likely N-dealkylation sites (tertiary alicyclic amines) is 1. The van der Waals surface area contributed by atoms with Crippen LogP contribution in [0, 0.1) is 5.92 Å². The maximum atomic E-state index is 12.6. The first-order valence-corrected chi connectivity index (χ1v) is 8.01. The third-order valence-corrected chi connectivity index (χ3v) is 4.35. The number of H-pyrrole nitrogens is 1. The topological polar surface area (TPSA) is 101 Å². The number of ketones is 1. The third-order valence-electron chi connectivity index (χ3n) is 4.35. The van der Waals surface area contributed by atoms with Crippen molar-refractivity contribution in [3.63, 3.8) is 0 Å². The molecule has 1 aliphatic heterocycles. The number of carbonyl (C=O) groups excluding carboxylic acids is 2. The van der Waals surface area contributed by atoms with Gasteiger partial charge in [-0.15, -0.1) is 0 Å². The van der Waals surface area contributed by atoms with Gasteiger partial charge in [0, 0.05) is 57.4 Å². The van der Waals surface area contributed by atoms with E-state index in [1.165, 1.54) is 6.07 Å². The second kappa shape index (κ2) is 6.86. The monoisotopic (exact) mass is 332 g/mol. The Morgan fingerprint density at radius 3 is 2.96 bits per heavy atom. The van der Waals surface area contributed by atoms with E-state index in [-0.39, 0.29) is 29.6 Å². The molecule has 1 N–H and O–H groups in total. The Balaban J connectivity index is 1.58. The van der Waals surface area contributed by atoms with E-state index in [1.54, 1.807) is 28.9 Å². The summed E-state index contributed by atoms with van der Waals surface area (Å²) in [5.74, 6) is 0.635. The van der Waals surface area contributed by atoms with Crippen LogP contribution in [0.5, 0.6) is 0 Å². The van der Waals surface area contributed by atoms with Crippen molar-refractivity contribution in [2.24, 2.45) is 13.0 Å². The van der Waals surface area contributed by atoms with Gasteiger partial charge in [0.1, 0.15) is 5.76 Å². The number of rotatable bonds is 5. The summed E-state index contributed by atoms with van der Waals surface area (Å²) in [5, 5.41) is 2.21. The smallest absolute Gasteiger partial charge is 0.280 e. The molecule has 3 rings (SSSR count). The highest BCUT2D eigenvalue weighted by Gasteiger charge is 2.30. The lowest BCUT2D eigenvalue weighted by atomic mass is 9.93. The van der Waals surface area contributed by atoms with Crippen LogP contribution in [0.4, 0.5) is 0 Å². The Labute approximate surface area is 138 Å². The Kier molecular flexibility index (Phi) is 4.64. The van der Waals surface area contributed by atoms with Crippen molar-refractivity contribution >= 4 is 11.7 Å². The molecule has 3 heterocycles. The summed E-state index contributed by atoms with van der Waals surface area (Å²) in [4.78, 5) is 41.8. The standard InChI is InChI=1S/C16H20N4O4/c1-19-8-6-17-16(19)15(23)11-3-2-7-20(10-11)14(22)5-4-12-9-13(21)18-24-12/h6,8-9,11H,2-5,7,10H2,1H3,(H,18,21). The lowest BCUT2D eigenvalue weighted by Crippen LogP contribution is -2.42. The average Bonchev–Trinajstić information content (AvgIpc) is 3.20. The van der Waals surface area contributed by atoms with Gasteiger partial charge in [0.05, 0.1) is 0 Å². The lowest BCUT2D eigenvalue weighted by molar-refractivity contribution is -0.132. The van der Waals surface area contributed by atoms with E-state index < -0.39 is 0 Å². The van der Waals surface area contributed by atoms with E-state index in [4.69, 9.17) is 4.52 Å². The number of piperidine rings is 1. The minimum absolute atomic E-state index is 0.0170. The Bertz CT molecular complexity index is 788. The number of nitrogens with zero attached hydrogens (tertiary/aromatic N) is 3. The van der Waals surface area contributed by atoms with Crippen molar-refractivity contribution in [1.29, 1.82) is 0 Å². The lowest BCUT2D eigenvalue weighted by Gasteiger charge is -2.31. The van der Waals surface area contributed by atoms with E-state index in [2.05, 4.69) is 10.1 Å². The van der Waals surface area contributed by atoms with Gasteiger partial charge in [-0.3, -0.25) is 14.4 Å². The zero-order valence-electron chi connectivity index (χ0n) is 13.5. The maximum Gasteiger partial charge on any atom is 0.280 e. The molecule has 0 aliphatic carbocycles. The Hall–Kier alpha value is -2.64. The number of aromatic nitrogens is 3. The molecule has 1 aliphatic rings. The number of carbonyl (C=O) groups is 2. The maximum absolute atomic E-state index is 12.6. The number of hydrogen-bond acceptors (Lipinski definition) is 5. The van der Waals surface area contributed by atoms with Gasteiger partial charge in [-0.2, -0.15) is 5.16 Å². The van der Waals surface area contributed by atoms with Crippen LogP contribution in [0.2, 0.25) is 0 Å². The van der Waals surface area contributed by atoms with Gasteiger partial charge in [-0.25, -0.2) is 4.98 Å². The van der Waals surface area contributed by atoms with Crippen molar-refractivity contribution in [2.45, 2.75) is 25.7 Å². The van der Waals surface area contributed by atoms with E-state index >= 15 is 0 Å². The van der Waals surface area contributed by atoms with Crippen LogP contribution in [-0.4, -0.2) is 44.4 Å². The molecule has 0 radical (unpaired) electrons. The van der Waals surface area contributed by atoms with Gasteiger partial charge >= 0.3 is 0 Å². The highest BCUT2D eigenvalue weighted by molar-refractivity contribution is 5.95. The van der Waals surface area contributed by atoms with Gasteiger partial charge in [0.2, 0.25) is 11.7 Å². The van der Waals surface area contributed by atoms with Crippen molar-refractivity contribution in [1.82, 2.24) is 19.6 Å². The largest absolute Gasteiger partial charge is 0.384 e. The number of nitrogens with one attached hydrogen (secondary N) is 1. The predicted molar refractivity (Wildman–Crippen MR) is 84.5 cm³/mol. The first-order valence-electron chi connectivity index (χ1n) is 8.01. The summed E-state index contributed by atoms with van der Waals surface area (Å²) in [5.41, 5.74) is -0.309. The molecule has 1 atom stereocenters. The van der Waals surface area contributed by atoms with Gasteiger partial charge in [0.25, 0.3) is 5.56 Å². The first-order chi connectivity index (χ1) is 11.5. The molecular weight excluding hydrogens is 312 g/mol. The summed E-state index contributed by atoms with van der Waals surface area (Å²) >= 11 is 0. The minimum atomic E-state index is -0.309. The number of amides is 1. The van der Waals surface area contributed by atoms with Crippen LogP contribution in [-0.2, 0) is 18.3 Å². The molecular formula is C16H20N4O4. The average molecular weight is 332 g/mol. The summed E-state index contributed by atoms with van der Waals surface area (Å²) in [7, 11) is 1.79. The van der Waals surface area contributed by atoms with Crippen LogP contribution in [0.15, 0.2) is 27.8 Å². The fraction of sp³-hybridized carbons (Fsp3) is 0.500. The highest BCUT2D eigenvalue weighted by Crippen LogP contribution is 2.21. The van der Waals surface area contributed by atoms with Crippen LogP contribution < -0.4 is 5.56 Å². The molecule has 0 aromatic carbocycles. The zero-order valence-corrected chi connectivity index (χ0v) is 13.5. The second-order valence-electron chi connectivity index (χ2n) is 6.08. The molecule has 0 saturated carbocycles. The molecule has 8 heteroatoms. The molecule has 1 saturated heterocycles. The van der Waals surface area contributed by atoms with Crippen LogP contribution in [0.1, 0.15) is 35.6 Å². The van der Waals surface area contributed by atoms with Crippen molar-refractivity contribution < 1.29 is 14.1 Å². The van der Waals surface area contributed by atoms with Gasteiger partial charge < -0.3 is 14.0 Å². The predicted octanol–water partition coefficient (Wildman–Crippen LogP) is 0.755. The molecule has 1 unspecified atom stereocenters. The first kappa shape index (κ1) is 16.2. The molecule has 8 nitrogen and oxygen atoms in total. The summed E-state index contributed by atoms with van der Waals surface area (Å²) in [6, 6.07) is 1.34. The molecule has 0 spiro atoms. The fourth-order valence-corrected chi connectivity index (χ4v) is 3.04. The molecule has 128 valence electrons. The van der Waals surface area contributed by atoms with Crippen molar-refractivity contribution in [3.8, 4) is 0 Å². The molecule has 2 aromatic rings. The number of imidazole rings is 1. The molecule has 2 aromatic heterocycles. The normalized spacial score (nSPS) is 17.9. The number of Topliss-reactive ketones (excluding diaryl/α,β-unsaturated/α-hetero) is 1. The van der Waals surface area contributed by atoms with Gasteiger partial charge in [-0.05, 0) is 12.8 Å². The summed E-state index contributed by atoms with van der Waals surface area (Å²) in [6.45, 7) is 1.07. The second-order valence-corrected chi connectivity index (χ2v) is 6.08. The summed E-state index contributed by atoms with van der Waals surface area (Å²) in [6.07, 6.45) is 5.53. The van der Waals surface area contributed by atoms with Crippen LogP contribution in [0.3, 0.4) is 0 Å². The number of aryl methyl sites for hydroxylation is 2.